The van der Waals surface area contributed by atoms with Gasteiger partial charge in [-0.3, -0.25) is 9.59 Å². The van der Waals surface area contributed by atoms with Gasteiger partial charge in [0.1, 0.15) is 12.1 Å². The Labute approximate surface area is 124 Å². The molecule has 2 unspecified atom stereocenters. The van der Waals surface area contributed by atoms with Crippen LogP contribution in [0.2, 0.25) is 0 Å². The van der Waals surface area contributed by atoms with Crippen LogP contribution in [0.5, 0.6) is 0 Å². The highest BCUT2D eigenvalue weighted by atomic mass is 16.5. The molecule has 2 heterocycles. The van der Waals surface area contributed by atoms with Crippen LogP contribution < -0.4 is 0 Å². The lowest BCUT2D eigenvalue weighted by molar-refractivity contribution is -0.160. The Kier molecular flexibility index (Phi) is 3.92. The van der Waals surface area contributed by atoms with E-state index in [9.17, 15) is 9.59 Å². The SMILES string of the molecule is COCCN1C(=O)C2CCCN2C(=O)C1c1ccccc1. The van der Waals surface area contributed by atoms with E-state index < -0.39 is 6.04 Å². The second-order valence-corrected chi connectivity index (χ2v) is 5.53. The molecule has 1 aromatic rings. The number of carbonyl (C=O) groups excluding carboxylic acids is 2. The van der Waals surface area contributed by atoms with Crippen molar-refractivity contribution < 1.29 is 14.3 Å². The fourth-order valence-electron chi connectivity index (χ4n) is 3.28. The summed E-state index contributed by atoms with van der Waals surface area (Å²) in [7, 11) is 1.61. The normalized spacial score (nSPS) is 25.4. The van der Waals surface area contributed by atoms with Crippen LogP contribution in [0.25, 0.3) is 0 Å². The van der Waals surface area contributed by atoms with E-state index in [1.807, 2.05) is 30.3 Å². The van der Waals surface area contributed by atoms with Crippen molar-refractivity contribution in [3.63, 3.8) is 0 Å². The van der Waals surface area contributed by atoms with Crippen molar-refractivity contribution in [1.29, 1.82) is 0 Å². The smallest absolute Gasteiger partial charge is 0.250 e. The fraction of sp³-hybridized carbons (Fsp3) is 0.500. The van der Waals surface area contributed by atoms with Crippen molar-refractivity contribution in [2.24, 2.45) is 0 Å². The lowest BCUT2D eigenvalue weighted by atomic mass is 9.98. The van der Waals surface area contributed by atoms with Crippen molar-refractivity contribution in [3.8, 4) is 0 Å². The van der Waals surface area contributed by atoms with Gasteiger partial charge in [-0.15, -0.1) is 0 Å². The molecule has 2 atom stereocenters. The summed E-state index contributed by atoms with van der Waals surface area (Å²) in [6, 6.07) is 8.75. The number of rotatable bonds is 4. The van der Waals surface area contributed by atoms with E-state index in [1.165, 1.54) is 0 Å². The number of fused-ring (bicyclic) bond motifs is 1. The largest absolute Gasteiger partial charge is 0.383 e. The molecular weight excluding hydrogens is 268 g/mol. The van der Waals surface area contributed by atoms with E-state index in [2.05, 4.69) is 0 Å². The second-order valence-electron chi connectivity index (χ2n) is 5.53. The van der Waals surface area contributed by atoms with E-state index in [0.29, 0.717) is 19.7 Å². The van der Waals surface area contributed by atoms with Crippen LogP contribution in [0.15, 0.2) is 30.3 Å². The third kappa shape index (κ3) is 2.42. The standard InChI is InChI=1S/C16H20N2O3/c1-21-11-10-18-14(12-6-3-2-4-7-12)16(20)17-9-5-8-13(17)15(18)19/h2-4,6-7,13-14H,5,8-11H2,1H3. The molecule has 21 heavy (non-hydrogen) atoms. The molecule has 2 aliphatic heterocycles. The van der Waals surface area contributed by atoms with Crippen LogP contribution in [-0.4, -0.2) is 54.5 Å². The zero-order valence-corrected chi connectivity index (χ0v) is 12.2. The predicted octanol–water partition coefficient (Wildman–Crippen LogP) is 1.21. The number of ether oxygens (including phenoxy) is 1. The summed E-state index contributed by atoms with van der Waals surface area (Å²) in [5.41, 5.74) is 0.873. The maximum atomic E-state index is 12.8. The Bertz CT molecular complexity index is 532. The highest BCUT2D eigenvalue weighted by Gasteiger charge is 2.47. The third-order valence-electron chi connectivity index (χ3n) is 4.30. The first-order chi connectivity index (χ1) is 10.2. The van der Waals surface area contributed by atoms with Gasteiger partial charge in [0.2, 0.25) is 5.91 Å². The maximum absolute atomic E-state index is 12.8. The van der Waals surface area contributed by atoms with Crippen LogP contribution in [0.3, 0.4) is 0 Å². The number of hydrogen-bond acceptors (Lipinski definition) is 3. The van der Waals surface area contributed by atoms with Gasteiger partial charge in [-0.05, 0) is 18.4 Å². The molecule has 5 nitrogen and oxygen atoms in total. The number of hydrogen-bond donors (Lipinski definition) is 0. The lowest BCUT2D eigenvalue weighted by Crippen LogP contribution is -2.59. The molecule has 112 valence electrons. The monoisotopic (exact) mass is 288 g/mol. The van der Waals surface area contributed by atoms with Crippen molar-refractivity contribution in [2.75, 3.05) is 26.8 Å². The summed E-state index contributed by atoms with van der Waals surface area (Å²) < 4.78 is 5.10. The molecule has 0 aliphatic carbocycles. The highest BCUT2D eigenvalue weighted by Crippen LogP contribution is 2.34. The summed E-state index contributed by atoms with van der Waals surface area (Å²) in [6.07, 6.45) is 1.68. The number of benzene rings is 1. The Morgan fingerprint density at radius 2 is 1.95 bits per heavy atom. The van der Waals surface area contributed by atoms with Crippen molar-refractivity contribution >= 4 is 11.8 Å². The first-order valence-electron chi connectivity index (χ1n) is 7.39. The molecule has 5 heteroatoms. The molecule has 2 fully saturated rings. The van der Waals surface area contributed by atoms with Gasteiger partial charge >= 0.3 is 0 Å². The minimum atomic E-state index is -0.511. The molecule has 0 N–H and O–H groups in total. The Morgan fingerprint density at radius 1 is 1.19 bits per heavy atom. The first-order valence-corrected chi connectivity index (χ1v) is 7.39. The molecule has 2 aliphatic rings. The van der Waals surface area contributed by atoms with Crippen LogP contribution in [0, 0.1) is 0 Å². The Hall–Kier alpha value is -1.88. The van der Waals surface area contributed by atoms with Gasteiger partial charge in [0, 0.05) is 20.2 Å². The molecule has 1 aromatic carbocycles. The topological polar surface area (TPSA) is 49.9 Å². The van der Waals surface area contributed by atoms with E-state index in [0.717, 1.165) is 18.4 Å². The number of amides is 2. The lowest BCUT2D eigenvalue weighted by Gasteiger charge is -2.42. The molecule has 2 amide bonds. The zero-order valence-electron chi connectivity index (χ0n) is 12.2. The minimum Gasteiger partial charge on any atom is -0.383 e. The van der Waals surface area contributed by atoms with E-state index in [-0.39, 0.29) is 17.9 Å². The summed E-state index contributed by atoms with van der Waals surface area (Å²) in [5.74, 6) is 0.0948. The van der Waals surface area contributed by atoms with Crippen molar-refractivity contribution in [1.82, 2.24) is 9.80 Å². The van der Waals surface area contributed by atoms with Crippen molar-refractivity contribution in [3.05, 3.63) is 35.9 Å². The summed E-state index contributed by atoms with van der Waals surface area (Å²) in [5, 5.41) is 0. The fourth-order valence-corrected chi connectivity index (χ4v) is 3.28. The van der Waals surface area contributed by atoms with Gasteiger partial charge in [-0.2, -0.15) is 0 Å². The average Bonchev–Trinajstić information content (AvgIpc) is 3.00. The molecular formula is C16H20N2O3. The average molecular weight is 288 g/mol. The number of carbonyl (C=O) groups is 2. The molecule has 0 saturated carbocycles. The van der Waals surface area contributed by atoms with Crippen LogP contribution >= 0.6 is 0 Å². The van der Waals surface area contributed by atoms with Gasteiger partial charge in [0.25, 0.3) is 5.91 Å². The summed E-state index contributed by atoms with van der Waals surface area (Å²) >= 11 is 0. The van der Waals surface area contributed by atoms with Crippen LogP contribution in [-0.2, 0) is 14.3 Å². The van der Waals surface area contributed by atoms with Gasteiger partial charge in [-0.1, -0.05) is 30.3 Å². The van der Waals surface area contributed by atoms with Crippen LogP contribution in [0.4, 0.5) is 0 Å². The third-order valence-corrected chi connectivity index (χ3v) is 4.30. The van der Waals surface area contributed by atoms with Gasteiger partial charge in [0.05, 0.1) is 6.61 Å². The molecule has 0 spiro atoms. The second kappa shape index (κ2) is 5.85. The Morgan fingerprint density at radius 3 is 2.67 bits per heavy atom. The first kappa shape index (κ1) is 14.1. The molecule has 3 rings (SSSR count). The molecule has 0 aromatic heterocycles. The van der Waals surface area contributed by atoms with E-state index in [4.69, 9.17) is 4.74 Å². The minimum absolute atomic E-state index is 0.0411. The summed E-state index contributed by atoms with van der Waals surface area (Å²) in [4.78, 5) is 29.0. The van der Waals surface area contributed by atoms with E-state index in [1.54, 1.807) is 16.9 Å². The quantitative estimate of drug-likeness (QED) is 0.836. The van der Waals surface area contributed by atoms with Gasteiger partial charge < -0.3 is 14.5 Å². The predicted molar refractivity (Wildman–Crippen MR) is 77.5 cm³/mol. The van der Waals surface area contributed by atoms with Gasteiger partial charge in [0.15, 0.2) is 0 Å². The zero-order chi connectivity index (χ0) is 14.8. The van der Waals surface area contributed by atoms with Gasteiger partial charge in [-0.25, -0.2) is 0 Å². The highest BCUT2D eigenvalue weighted by molar-refractivity contribution is 5.98. The molecule has 0 radical (unpaired) electrons. The van der Waals surface area contributed by atoms with Crippen molar-refractivity contribution in [2.45, 2.75) is 24.9 Å². The maximum Gasteiger partial charge on any atom is 0.250 e. The molecule has 2 saturated heterocycles. The summed E-state index contributed by atoms with van der Waals surface area (Å²) in [6.45, 7) is 1.58. The number of methoxy groups -OCH3 is 1. The van der Waals surface area contributed by atoms with E-state index >= 15 is 0 Å². The van der Waals surface area contributed by atoms with Crippen LogP contribution in [0.1, 0.15) is 24.4 Å². The number of nitrogens with zero attached hydrogens (tertiary/aromatic N) is 2. The Balaban J connectivity index is 1.96. The molecule has 0 bridgehead atoms. The number of piperazine rings is 1.